The molecule has 0 aromatic heterocycles. The number of nitrogens with zero attached hydrogens (tertiary/aromatic N) is 1. The molecule has 3 rings (SSSR count). The van der Waals surface area contributed by atoms with Crippen LogP contribution >= 0.6 is 0 Å². The van der Waals surface area contributed by atoms with Gasteiger partial charge in [-0.05, 0) is 43.6 Å². The number of hydrogen-bond donors (Lipinski definition) is 1. The number of carbonyl (C=O) groups excluding carboxylic acids is 1. The number of aliphatic hydroxyl groups excluding tert-OH is 1. The molecule has 0 aromatic rings. The Kier molecular flexibility index (Phi) is 2.18. The van der Waals surface area contributed by atoms with E-state index in [1.807, 2.05) is 0 Å². The number of hydrogen-bond acceptors (Lipinski definition) is 2. The molecule has 0 aromatic carbocycles. The Balaban J connectivity index is 1.68. The molecular weight excluding hydrogens is 202 g/mol. The molecule has 3 nitrogen and oxygen atoms in total. The van der Waals surface area contributed by atoms with Crippen LogP contribution in [0.3, 0.4) is 0 Å². The fraction of sp³-hybridized carbons (Fsp3) is 0.615. The summed E-state index contributed by atoms with van der Waals surface area (Å²) in [7, 11) is 0. The molecule has 1 aliphatic heterocycles. The van der Waals surface area contributed by atoms with E-state index >= 15 is 0 Å². The second kappa shape index (κ2) is 3.45. The first-order valence-corrected chi connectivity index (χ1v) is 6.01. The third-order valence-corrected chi connectivity index (χ3v) is 4.16. The minimum Gasteiger partial charge on any atom is -0.370 e. The predicted molar refractivity (Wildman–Crippen MR) is 60.3 cm³/mol. The SMILES string of the molecule is CC1=CC(O)N(CC2CC3C=CC2C3)C1=O. The molecule has 86 valence electrons. The lowest BCUT2D eigenvalue weighted by atomic mass is 9.93. The molecule has 1 saturated carbocycles. The average molecular weight is 219 g/mol. The van der Waals surface area contributed by atoms with Gasteiger partial charge in [0.2, 0.25) is 0 Å². The summed E-state index contributed by atoms with van der Waals surface area (Å²) in [5, 5.41) is 9.77. The quantitative estimate of drug-likeness (QED) is 0.711. The van der Waals surface area contributed by atoms with Gasteiger partial charge in [-0.15, -0.1) is 0 Å². The van der Waals surface area contributed by atoms with Gasteiger partial charge in [-0.2, -0.15) is 0 Å². The maximum Gasteiger partial charge on any atom is 0.251 e. The van der Waals surface area contributed by atoms with Crippen molar-refractivity contribution in [3.63, 3.8) is 0 Å². The highest BCUT2D eigenvalue weighted by molar-refractivity contribution is 5.95. The molecule has 2 bridgehead atoms. The summed E-state index contributed by atoms with van der Waals surface area (Å²) in [6.45, 7) is 2.48. The summed E-state index contributed by atoms with van der Waals surface area (Å²) in [5.74, 6) is 1.90. The van der Waals surface area contributed by atoms with Crippen LogP contribution in [0, 0.1) is 17.8 Å². The van der Waals surface area contributed by atoms with Crippen molar-refractivity contribution in [2.24, 2.45) is 17.8 Å². The van der Waals surface area contributed by atoms with E-state index in [0.717, 1.165) is 5.92 Å². The second-order valence-corrected chi connectivity index (χ2v) is 5.26. The zero-order valence-corrected chi connectivity index (χ0v) is 9.47. The number of allylic oxidation sites excluding steroid dienone is 2. The van der Waals surface area contributed by atoms with Gasteiger partial charge >= 0.3 is 0 Å². The van der Waals surface area contributed by atoms with E-state index in [0.29, 0.717) is 24.0 Å². The minimum atomic E-state index is -0.699. The zero-order valence-electron chi connectivity index (χ0n) is 9.47. The van der Waals surface area contributed by atoms with E-state index in [-0.39, 0.29) is 5.91 Å². The topological polar surface area (TPSA) is 40.5 Å². The number of fused-ring (bicyclic) bond motifs is 2. The van der Waals surface area contributed by atoms with Crippen LogP contribution in [0.2, 0.25) is 0 Å². The van der Waals surface area contributed by atoms with Crippen LogP contribution in [0.5, 0.6) is 0 Å². The zero-order chi connectivity index (χ0) is 11.3. The smallest absolute Gasteiger partial charge is 0.251 e. The first-order chi connectivity index (χ1) is 7.65. The molecular formula is C13H17NO2. The average Bonchev–Trinajstić information content (AvgIpc) is 2.90. The Morgan fingerprint density at radius 3 is 2.75 bits per heavy atom. The highest BCUT2D eigenvalue weighted by Gasteiger charge is 2.39. The molecule has 1 heterocycles. The first kappa shape index (κ1) is 10.1. The van der Waals surface area contributed by atoms with E-state index in [4.69, 9.17) is 0 Å². The number of aliphatic hydroxyl groups is 1. The Morgan fingerprint density at radius 2 is 2.25 bits per heavy atom. The minimum absolute atomic E-state index is 0.000692. The third kappa shape index (κ3) is 1.42. The molecule has 0 saturated heterocycles. The fourth-order valence-electron chi connectivity index (χ4n) is 3.28. The van der Waals surface area contributed by atoms with Crippen LogP contribution in [0.25, 0.3) is 0 Å². The molecule has 4 atom stereocenters. The summed E-state index contributed by atoms with van der Waals surface area (Å²) in [6.07, 6.45) is 7.95. The summed E-state index contributed by atoms with van der Waals surface area (Å²) in [5.41, 5.74) is 0.672. The molecule has 1 amide bonds. The van der Waals surface area contributed by atoms with E-state index in [2.05, 4.69) is 12.2 Å². The maximum absolute atomic E-state index is 11.8. The van der Waals surface area contributed by atoms with Crippen molar-refractivity contribution in [3.8, 4) is 0 Å². The molecule has 0 radical (unpaired) electrons. The van der Waals surface area contributed by atoms with Gasteiger partial charge in [0.05, 0.1) is 0 Å². The van der Waals surface area contributed by atoms with Crippen LogP contribution < -0.4 is 0 Å². The third-order valence-electron chi connectivity index (χ3n) is 4.16. The molecule has 3 aliphatic rings. The monoisotopic (exact) mass is 219 g/mol. The van der Waals surface area contributed by atoms with Crippen molar-refractivity contribution in [3.05, 3.63) is 23.8 Å². The Hall–Kier alpha value is -1.09. The Bertz CT molecular complexity index is 385. The van der Waals surface area contributed by atoms with Crippen molar-refractivity contribution in [1.29, 1.82) is 0 Å². The van der Waals surface area contributed by atoms with Crippen LogP contribution in [0.4, 0.5) is 0 Å². The van der Waals surface area contributed by atoms with Gasteiger partial charge in [-0.25, -0.2) is 0 Å². The fourth-order valence-corrected chi connectivity index (χ4v) is 3.28. The Morgan fingerprint density at radius 1 is 1.44 bits per heavy atom. The molecule has 1 fully saturated rings. The number of amides is 1. The van der Waals surface area contributed by atoms with E-state index in [1.54, 1.807) is 17.9 Å². The highest BCUT2D eigenvalue weighted by Crippen LogP contribution is 2.44. The largest absolute Gasteiger partial charge is 0.370 e. The van der Waals surface area contributed by atoms with Crippen LogP contribution in [-0.2, 0) is 4.79 Å². The standard InChI is InChI=1S/C13H17NO2/c1-8-4-12(15)14(13(8)16)7-11-6-9-2-3-10(11)5-9/h2-4,9-12,15H,5-7H2,1H3. The van der Waals surface area contributed by atoms with Crippen molar-refractivity contribution >= 4 is 5.91 Å². The van der Waals surface area contributed by atoms with Gasteiger partial charge in [0.15, 0.2) is 0 Å². The molecule has 3 heteroatoms. The molecule has 0 spiro atoms. The molecule has 16 heavy (non-hydrogen) atoms. The number of rotatable bonds is 2. The normalized spacial score (nSPS) is 41.0. The van der Waals surface area contributed by atoms with Gasteiger partial charge in [0.25, 0.3) is 5.91 Å². The predicted octanol–water partition coefficient (Wildman–Crippen LogP) is 1.31. The summed E-state index contributed by atoms with van der Waals surface area (Å²) >= 11 is 0. The van der Waals surface area contributed by atoms with E-state index in [1.165, 1.54) is 12.8 Å². The van der Waals surface area contributed by atoms with Crippen LogP contribution in [-0.4, -0.2) is 28.7 Å². The highest BCUT2D eigenvalue weighted by atomic mass is 16.3. The maximum atomic E-state index is 11.8. The molecule has 2 aliphatic carbocycles. The Labute approximate surface area is 95.4 Å². The number of carbonyl (C=O) groups is 1. The van der Waals surface area contributed by atoms with Crippen molar-refractivity contribution < 1.29 is 9.90 Å². The van der Waals surface area contributed by atoms with Crippen molar-refractivity contribution in [2.75, 3.05) is 6.54 Å². The van der Waals surface area contributed by atoms with Gasteiger partial charge in [-0.1, -0.05) is 12.2 Å². The second-order valence-electron chi connectivity index (χ2n) is 5.26. The first-order valence-electron chi connectivity index (χ1n) is 6.01. The van der Waals surface area contributed by atoms with E-state index in [9.17, 15) is 9.90 Å². The van der Waals surface area contributed by atoms with Gasteiger partial charge in [0.1, 0.15) is 6.23 Å². The summed E-state index contributed by atoms with van der Waals surface area (Å²) in [4.78, 5) is 13.4. The lowest BCUT2D eigenvalue weighted by Crippen LogP contribution is -2.39. The summed E-state index contributed by atoms with van der Waals surface area (Å²) < 4.78 is 0. The lowest BCUT2D eigenvalue weighted by molar-refractivity contribution is -0.132. The van der Waals surface area contributed by atoms with E-state index < -0.39 is 6.23 Å². The van der Waals surface area contributed by atoms with Crippen LogP contribution in [0.15, 0.2) is 23.8 Å². The molecule has 4 unspecified atom stereocenters. The summed E-state index contributed by atoms with van der Waals surface area (Å²) in [6, 6.07) is 0. The van der Waals surface area contributed by atoms with Gasteiger partial charge in [0, 0.05) is 12.1 Å². The lowest BCUT2D eigenvalue weighted by Gasteiger charge is -2.27. The van der Waals surface area contributed by atoms with Crippen molar-refractivity contribution in [2.45, 2.75) is 26.0 Å². The van der Waals surface area contributed by atoms with Gasteiger partial charge in [-0.3, -0.25) is 4.79 Å². The van der Waals surface area contributed by atoms with Crippen LogP contribution in [0.1, 0.15) is 19.8 Å². The molecule has 1 N–H and O–H groups in total. The van der Waals surface area contributed by atoms with Crippen molar-refractivity contribution in [1.82, 2.24) is 4.90 Å². The van der Waals surface area contributed by atoms with Gasteiger partial charge < -0.3 is 10.0 Å².